The molecule has 3 aromatic rings. The molecule has 1 amide bonds. The monoisotopic (exact) mass is 503 g/mol. The maximum absolute atomic E-state index is 13.4. The molecular formula is C29H29NO7. The van der Waals surface area contributed by atoms with Crippen LogP contribution < -0.4 is 14.2 Å². The minimum absolute atomic E-state index is 0.0553. The van der Waals surface area contributed by atoms with E-state index in [1.807, 2.05) is 19.1 Å². The highest BCUT2D eigenvalue weighted by atomic mass is 16.5. The molecule has 0 spiro atoms. The van der Waals surface area contributed by atoms with Crippen molar-refractivity contribution in [1.29, 1.82) is 0 Å². The van der Waals surface area contributed by atoms with E-state index in [-0.39, 0.29) is 29.4 Å². The molecule has 1 unspecified atom stereocenters. The van der Waals surface area contributed by atoms with Crippen LogP contribution in [0.25, 0.3) is 5.76 Å². The highest BCUT2D eigenvalue weighted by Gasteiger charge is 2.46. The van der Waals surface area contributed by atoms with Crippen LogP contribution in [0.2, 0.25) is 0 Å². The average Bonchev–Trinajstić information content (AvgIpc) is 3.15. The van der Waals surface area contributed by atoms with Crippen molar-refractivity contribution in [3.63, 3.8) is 0 Å². The summed E-state index contributed by atoms with van der Waals surface area (Å²) in [6.45, 7) is 4.49. The second-order valence-corrected chi connectivity index (χ2v) is 8.40. The predicted octanol–water partition coefficient (Wildman–Crippen LogP) is 4.82. The van der Waals surface area contributed by atoms with Gasteiger partial charge >= 0.3 is 0 Å². The van der Waals surface area contributed by atoms with E-state index in [4.69, 9.17) is 14.2 Å². The Balaban J connectivity index is 1.85. The van der Waals surface area contributed by atoms with E-state index in [9.17, 15) is 19.8 Å². The fraction of sp³-hybridized carbons (Fsp3) is 0.241. The summed E-state index contributed by atoms with van der Waals surface area (Å²) >= 11 is 0. The molecule has 0 bridgehead atoms. The van der Waals surface area contributed by atoms with Gasteiger partial charge in [-0.3, -0.25) is 9.59 Å². The fourth-order valence-corrected chi connectivity index (χ4v) is 4.34. The molecule has 1 fully saturated rings. The zero-order valence-corrected chi connectivity index (χ0v) is 20.9. The number of rotatable bonds is 9. The molecule has 8 nitrogen and oxygen atoms in total. The van der Waals surface area contributed by atoms with Crippen molar-refractivity contribution in [3.8, 4) is 23.0 Å². The number of aliphatic hydroxyl groups excluding tert-OH is 1. The van der Waals surface area contributed by atoms with E-state index in [1.165, 1.54) is 11.0 Å². The van der Waals surface area contributed by atoms with Crippen LogP contribution in [-0.4, -0.2) is 47.1 Å². The van der Waals surface area contributed by atoms with Crippen molar-refractivity contribution in [2.45, 2.75) is 26.4 Å². The summed E-state index contributed by atoms with van der Waals surface area (Å²) < 4.78 is 16.3. The molecule has 0 aromatic heterocycles. The molecule has 8 heteroatoms. The number of benzene rings is 3. The van der Waals surface area contributed by atoms with E-state index in [2.05, 4.69) is 0 Å². The number of amides is 1. The molecule has 1 heterocycles. The van der Waals surface area contributed by atoms with Crippen LogP contribution in [0, 0.1) is 0 Å². The first-order chi connectivity index (χ1) is 17.9. The summed E-state index contributed by atoms with van der Waals surface area (Å²) in [5, 5.41) is 21.6. The number of carbonyl (C=O) groups excluding carboxylic acids is 2. The minimum Gasteiger partial charge on any atom is -0.507 e. The van der Waals surface area contributed by atoms with Gasteiger partial charge in [0.15, 0.2) is 11.5 Å². The van der Waals surface area contributed by atoms with E-state index >= 15 is 0 Å². The zero-order valence-electron chi connectivity index (χ0n) is 20.9. The minimum atomic E-state index is -0.919. The van der Waals surface area contributed by atoms with Gasteiger partial charge in [0.2, 0.25) is 0 Å². The molecule has 192 valence electrons. The number of phenols is 1. The molecule has 3 aromatic carbocycles. The van der Waals surface area contributed by atoms with Gasteiger partial charge in [-0.25, -0.2) is 0 Å². The number of Topliss-reactive ketones (excluding diaryl/α,β-unsaturated/α-hetero) is 1. The number of aliphatic hydroxyl groups is 1. The Morgan fingerprint density at radius 2 is 1.65 bits per heavy atom. The molecule has 0 saturated carbocycles. The second-order valence-electron chi connectivity index (χ2n) is 8.40. The number of carbonyl (C=O) groups is 2. The fourth-order valence-electron chi connectivity index (χ4n) is 4.34. The first-order valence-electron chi connectivity index (χ1n) is 12.0. The number of ketones is 1. The van der Waals surface area contributed by atoms with Gasteiger partial charge in [0, 0.05) is 12.1 Å². The number of ether oxygens (including phenoxy) is 3. The molecule has 0 radical (unpaired) electrons. The molecule has 37 heavy (non-hydrogen) atoms. The summed E-state index contributed by atoms with van der Waals surface area (Å²) in [5.41, 5.74) is 1.58. The second kappa shape index (κ2) is 11.1. The van der Waals surface area contributed by atoms with Crippen molar-refractivity contribution in [2.24, 2.45) is 0 Å². The number of phenolic OH excluding ortho intramolecular Hbond substituents is 1. The Labute approximate surface area is 215 Å². The lowest BCUT2D eigenvalue weighted by Gasteiger charge is -2.26. The number of nitrogens with zero attached hydrogens (tertiary/aromatic N) is 1. The van der Waals surface area contributed by atoms with Crippen LogP contribution in [-0.2, 0) is 16.1 Å². The molecule has 2 N–H and O–H groups in total. The Bertz CT molecular complexity index is 1330. The summed E-state index contributed by atoms with van der Waals surface area (Å²) in [7, 11) is 1.56. The van der Waals surface area contributed by atoms with Crippen LogP contribution in [0.15, 0.2) is 72.3 Å². The first-order valence-corrected chi connectivity index (χ1v) is 12.0. The van der Waals surface area contributed by atoms with E-state index in [1.54, 1.807) is 62.6 Å². The molecule has 0 aliphatic carbocycles. The Kier molecular flexibility index (Phi) is 7.67. The van der Waals surface area contributed by atoms with Crippen LogP contribution in [0.4, 0.5) is 0 Å². The van der Waals surface area contributed by atoms with E-state index < -0.39 is 17.7 Å². The standard InChI is InChI=1S/C29H29NO7/c1-4-36-22-8-6-7-20(15-22)27(32)25-26(19-11-14-23(31)24(16-19)37-5-2)30(29(34)28(25)33)17-18-9-12-21(35-3)13-10-18/h6-16,26,31-32H,4-5,17H2,1-3H3/b27-25-. The predicted molar refractivity (Wildman–Crippen MR) is 138 cm³/mol. The average molecular weight is 504 g/mol. The molecule has 1 atom stereocenters. The van der Waals surface area contributed by atoms with Crippen LogP contribution >= 0.6 is 0 Å². The van der Waals surface area contributed by atoms with Gasteiger partial charge in [-0.05, 0) is 61.4 Å². The Morgan fingerprint density at radius 1 is 0.919 bits per heavy atom. The SMILES string of the molecule is CCOc1cccc(/C(O)=C2/C(=O)C(=O)N(Cc3ccc(OC)cc3)C2c2ccc(O)c(OCC)c2)c1. The summed E-state index contributed by atoms with van der Waals surface area (Å²) in [5.74, 6) is -0.517. The number of methoxy groups -OCH3 is 1. The van der Waals surface area contributed by atoms with Gasteiger partial charge in [-0.1, -0.05) is 30.3 Å². The molecular weight excluding hydrogens is 474 g/mol. The lowest BCUT2D eigenvalue weighted by molar-refractivity contribution is -0.140. The maximum Gasteiger partial charge on any atom is 0.295 e. The Hall–Kier alpha value is -4.46. The van der Waals surface area contributed by atoms with Crippen molar-refractivity contribution in [1.82, 2.24) is 4.90 Å². The molecule has 1 saturated heterocycles. The number of aromatic hydroxyl groups is 1. The van der Waals surface area contributed by atoms with Gasteiger partial charge in [-0.2, -0.15) is 0 Å². The van der Waals surface area contributed by atoms with Crippen molar-refractivity contribution in [3.05, 3.63) is 89.0 Å². The van der Waals surface area contributed by atoms with Crippen LogP contribution in [0.1, 0.15) is 36.6 Å². The highest BCUT2D eigenvalue weighted by molar-refractivity contribution is 6.46. The van der Waals surface area contributed by atoms with Gasteiger partial charge in [0.05, 0.1) is 31.9 Å². The van der Waals surface area contributed by atoms with Crippen LogP contribution in [0.5, 0.6) is 23.0 Å². The normalized spacial score (nSPS) is 16.6. The molecule has 1 aliphatic heterocycles. The topological polar surface area (TPSA) is 106 Å². The summed E-state index contributed by atoms with van der Waals surface area (Å²) in [6, 6.07) is 17.6. The lowest BCUT2D eigenvalue weighted by atomic mass is 9.94. The number of hydrogen-bond acceptors (Lipinski definition) is 7. The van der Waals surface area contributed by atoms with Gasteiger partial charge in [0.25, 0.3) is 11.7 Å². The van der Waals surface area contributed by atoms with Crippen LogP contribution in [0.3, 0.4) is 0 Å². The third kappa shape index (κ3) is 5.23. The maximum atomic E-state index is 13.4. The summed E-state index contributed by atoms with van der Waals surface area (Å²) in [6.07, 6.45) is 0. The largest absolute Gasteiger partial charge is 0.507 e. The molecule has 1 aliphatic rings. The smallest absolute Gasteiger partial charge is 0.295 e. The first kappa shape index (κ1) is 25.6. The zero-order chi connectivity index (χ0) is 26.5. The third-order valence-corrected chi connectivity index (χ3v) is 6.07. The van der Waals surface area contributed by atoms with E-state index in [0.717, 1.165) is 5.56 Å². The van der Waals surface area contributed by atoms with E-state index in [0.29, 0.717) is 35.8 Å². The summed E-state index contributed by atoms with van der Waals surface area (Å²) in [4.78, 5) is 28.1. The highest BCUT2D eigenvalue weighted by Crippen LogP contribution is 2.42. The Morgan fingerprint density at radius 3 is 2.32 bits per heavy atom. The van der Waals surface area contributed by atoms with Gasteiger partial charge < -0.3 is 29.3 Å². The van der Waals surface area contributed by atoms with Crippen molar-refractivity contribution in [2.75, 3.05) is 20.3 Å². The lowest BCUT2D eigenvalue weighted by Crippen LogP contribution is -2.29. The van der Waals surface area contributed by atoms with Crippen molar-refractivity contribution >= 4 is 17.4 Å². The number of hydrogen-bond donors (Lipinski definition) is 2. The van der Waals surface area contributed by atoms with Gasteiger partial charge in [-0.15, -0.1) is 0 Å². The number of likely N-dealkylation sites (tertiary alicyclic amines) is 1. The molecule has 4 rings (SSSR count). The van der Waals surface area contributed by atoms with Gasteiger partial charge in [0.1, 0.15) is 17.3 Å². The van der Waals surface area contributed by atoms with Crippen molar-refractivity contribution < 1.29 is 34.0 Å². The third-order valence-electron chi connectivity index (χ3n) is 6.07. The quantitative estimate of drug-likeness (QED) is 0.245.